The zero-order valence-corrected chi connectivity index (χ0v) is 16.2. The number of fused-ring (bicyclic) bond motifs is 1. The summed E-state index contributed by atoms with van der Waals surface area (Å²) in [6, 6.07) is 17.5. The molecule has 1 N–H and O–H groups in total. The van der Waals surface area contributed by atoms with Gasteiger partial charge in [-0.2, -0.15) is 0 Å². The van der Waals surface area contributed by atoms with Crippen molar-refractivity contribution in [2.75, 3.05) is 12.4 Å². The molecule has 0 aliphatic heterocycles. The van der Waals surface area contributed by atoms with Gasteiger partial charge in [0.2, 0.25) is 5.89 Å². The molecule has 4 rings (SSSR count). The number of carbonyl (C=O) groups is 1. The fourth-order valence-electron chi connectivity index (χ4n) is 2.80. The number of hydrogen-bond donors (Lipinski definition) is 1. The van der Waals surface area contributed by atoms with Crippen LogP contribution in [0.1, 0.15) is 10.4 Å². The average Bonchev–Trinajstić information content (AvgIpc) is 3.13. The lowest BCUT2D eigenvalue weighted by molar-refractivity contribution is 0.102. The van der Waals surface area contributed by atoms with Crippen LogP contribution in [0.25, 0.3) is 22.6 Å². The number of amides is 1. The number of carbonyl (C=O) groups excluding carboxylic acids is 1. The first kappa shape index (κ1) is 18.3. The smallest absolute Gasteiger partial charge is 0.259 e. The molecule has 0 aliphatic carbocycles. The van der Waals surface area contributed by atoms with Crippen molar-refractivity contribution in [3.8, 4) is 17.2 Å². The molecule has 28 heavy (non-hydrogen) atoms. The van der Waals surface area contributed by atoms with Crippen LogP contribution < -0.4 is 10.1 Å². The third-order valence-electron chi connectivity index (χ3n) is 4.16. The number of nitrogens with one attached hydrogen (secondary N) is 1. The van der Waals surface area contributed by atoms with Crippen molar-refractivity contribution in [1.82, 2.24) is 4.98 Å². The van der Waals surface area contributed by atoms with Gasteiger partial charge in [0.15, 0.2) is 5.58 Å². The average molecular weight is 413 g/mol. The van der Waals surface area contributed by atoms with Crippen molar-refractivity contribution >= 4 is 45.9 Å². The number of hydrogen-bond acceptors (Lipinski definition) is 4. The standard InChI is InChI=1S/C21H14Cl2N2O3/c1-27-18-9-7-13(22)11-14(18)20(26)24-17-10-12(6-8-15(17)23)21-25-16-4-2-3-5-19(16)28-21/h2-11H,1H3,(H,24,26). The SMILES string of the molecule is COc1ccc(Cl)cc1C(=O)Nc1cc(-c2nc3ccccc3o2)ccc1Cl. The summed E-state index contributed by atoms with van der Waals surface area (Å²) < 4.78 is 11.0. The summed E-state index contributed by atoms with van der Waals surface area (Å²) in [6.45, 7) is 0. The second-order valence-corrected chi connectivity index (χ2v) is 6.82. The molecule has 1 amide bonds. The topological polar surface area (TPSA) is 64.4 Å². The summed E-state index contributed by atoms with van der Waals surface area (Å²) in [7, 11) is 1.49. The lowest BCUT2D eigenvalue weighted by Crippen LogP contribution is -2.13. The lowest BCUT2D eigenvalue weighted by atomic mass is 10.1. The van der Waals surface area contributed by atoms with Crippen molar-refractivity contribution in [2.24, 2.45) is 0 Å². The van der Waals surface area contributed by atoms with Gasteiger partial charge in [0.25, 0.3) is 5.91 Å². The van der Waals surface area contributed by atoms with Gasteiger partial charge >= 0.3 is 0 Å². The van der Waals surface area contributed by atoms with Crippen molar-refractivity contribution in [1.29, 1.82) is 0 Å². The Balaban J connectivity index is 1.68. The largest absolute Gasteiger partial charge is 0.496 e. The van der Waals surface area contributed by atoms with E-state index in [0.29, 0.717) is 44.1 Å². The highest BCUT2D eigenvalue weighted by Crippen LogP contribution is 2.31. The lowest BCUT2D eigenvalue weighted by Gasteiger charge is -2.11. The molecule has 0 spiro atoms. The van der Waals surface area contributed by atoms with E-state index in [9.17, 15) is 4.79 Å². The third-order valence-corrected chi connectivity index (χ3v) is 4.73. The molecule has 4 aromatic rings. The summed E-state index contributed by atoms with van der Waals surface area (Å²) in [5.41, 5.74) is 2.85. The highest BCUT2D eigenvalue weighted by atomic mass is 35.5. The van der Waals surface area contributed by atoms with Gasteiger partial charge in [-0.25, -0.2) is 4.98 Å². The normalized spacial score (nSPS) is 10.8. The predicted octanol–water partition coefficient (Wildman–Crippen LogP) is 6.06. The molecule has 7 heteroatoms. The van der Waals surface area contributed by atoms with Gasteiger partial charge in [-0.1, -0.05) is 35.3 Å². The number of para-hydroxylation sites is 2. The van der Waals surface area contributed by atoms with Gasteiger partial charge in [0, 0.05) is 10.6 Å². The van der Waals surface area contributed by atoms with Gasteiger partial charge in [-0.15, -0.1) is 0 Å². The highest BCUT2D eigenvalue weighted by Gasteiger charge is 2.16. The predicted molar refractivity (Wildman–Crippen MR) is 110 cm³/mol. The van der Waals surface area contributed by atoms with E-state index in [1.807, 2.05) is 24.3 Å². The number of oxazole rings is 1. The van der Waals surface area contributed by atoms with E-state index < -0.39 is 5.91 Å². The van der Waals surface area contributed by atoms with Crippen LogP contribution in [0.3, 0.4) is 0 Å². The number of benzene rings is 3. The Labute approximate surface area is 170 Å². The summed E-state index contributed by atoms with van der Waals surface area (Å²) in [4.78, 5) is 17.2. The maximum absolute atomic E-state index is 12.7. The Hall–Kier alpha value is -3.02. The fourth-order valence-corrected chi connectivity index (χ4v) is 3.13. The number of ether oxygens (including phenoxy) is 1. The summed E-state index contributed by atoms with van der Waals surface area (Å²) in [6.07, 6.45) is 0. The molecule has 0 bridgehead atoms. The molecule has 0 saturated carbocycles. The van der Waals surface area contributed by atoms with E-state index in [4.69, 9.17) is 32.4 Å². The van der Waals surface area contributed by atoms with E-state index in [1.165, 1.54) is 13.2 Å². The Morgan fingerprint density at radius 2 is 1.89 bits per heavy atom. The summed E-state index contributed by atoms with van der Waals surface area (Å²) >= 11 is 12.3. The molecule has 0 unspecified atom stereocenters. The summed E-state index contributed by atoms with van der Waals surface area (Å²) in [5.74, 6) is 0.456. The molecule has 0 aliphatic rings. The quantitative estimate of drug-likeness (QED) is 0.442. The van der Waals surface area contributed by atoms with Gasteiger partial charge in [-0.05, 0) is 48.5 Å². The van der Waals surface area contributed by atoms with Crippen molar-refractivity contribution in [3.63, 3.8) is 0 Å². The minimum absolute atomic E-state index is 0.304. The van der Waals surface area contributed by atoms with E-state index in [0.717, 1.165) is 5.52 Å². The van der Waals surface area contributed by atoms with Crippen LogP contribution in [0.5, 0.6) is 5.75 Å². The van der Waals surface area contributed by atoms with Gasteiger partial charge in [-0.3, -0.25) is 4.79 Å². The van der Waals surface area contributed by atoms with Crippen LogP contribution in [0.2, 0.25) is 10.0 Å². The molecular formula is C21H14Cl2N2O3. The fraction of sp³-hybridized carbons (Fsp3) is 0.0476. The number of aromatic nitrogens is 1. The molecule has 3 aromatic carbocycles. The van der Waals surface area contributed by atoms with Crippen molar-refractivity contribution in [2.45, 2.75) is 0 Å². The zero-order chi connectivity index (χ0) is 19.7. The minimum atomic E-state index is -0.393. The Bertz CT molecular complexity index is 1150. The van der Waals surface area contributed by atoms with Gasteiger partial charge in [0.1, 0.15) is 11.3 Å². The molecule has 0 radical (unpaired) electrons. The number of halogens is 2. The molecule has 0 saturated heterocycles. The van der Waals surface area contributed by atoms with E-state index in [-0.39, 0.29) is 0 Å². The molecule has 140 valence electrons. The first-order valence-electron chi connectivity index (χ1n) is 8.35. The number of nitrogens with zero attached hydrogens (tertiary/aromatic N) is 1. The second-order valence-electron chi connectivity index (χ2n) is 5.98. The second kappa shape index (κ2) is 7.54. The molecular weight excluding hydrogens is 399 g/mol. The molecule has 1 heterocycles. The number of anilines is 1. The van der Waals surface area contributed by atoms with Crippen LogP contribution in [0.4, 0.5) is 5.69 Å². The van der Waals surface area contributed by atoms with Crippen molar-refractivity contribution in [3.05, 3.63) is 76.3 Å². The summed E-state index contributed by atoms with van der Waals surface area (Å²) in [5, 5.41) is 3.60. The Kier molecular flexibility index (Phi) is 4.94. The number of methoxy groups -OCH3 is 1. The molecule has 5 nitrogen and oxygen atoms in total. The van der Waals surface area contributed by atoms with Gasteiger partial charge < -0.3 is 14.5 Å². The highest BCUT2D eigenvalue weighted by molar-refractivity contribution is 6.34. The molecule has 0 fully saturated rings. The first-order chi connectivity index (χ1) is 13.5. The Morgan fingerprint density at radius 3 is 2.68 bits per heavy atom. The molecule has 0 atom stereocenters. The zero-order valence-electron chi connectivity index (χ0n) is 14.7. The first-order valence-corrected chi connectivity index (χ1v) is 9.11. The maximum Gasteiger partial charge on any atom is 0.259 e. The number of rotatable bonds is 4. The van der Waals surface area contributed by atoms with Crippen LogP contribution in [-0.2, 0) is 0 Å². The van der Waals surface area contributed by atoms with Crippen LogP contribution in [0.15, 0.2) is 65.1 Å². The van der Waals surface area contributed by atoms with Gasteiger partial charge in [0.05, 0.1) is 23.4 Å². The van der Waals surface area contributed by atoms with Crippen LogP contribution >= 0.6 is 23.2 Å². The van der Waals surface area contributed by atoms with E-state index in [1.54, 1.807) is 30.3 Å². The van der Waals surface area contributed by atoms with Crippen molar-refractivity contribution < 1.29 is 13.9 Å². The van der Waals surface area contributed by atoms with E-state index in [2.05, 4.69) is 10.3 Å². The Morgan fingerprint density at radius 1 is 1.07 bits per heavy atom. The minimum Gasteiger partial charge on any atom is -0.496 e. The van der Waals surface area contributed by atoms with Crippen LogP contribution in [-0.4, -0.2) is 18.0 Å². The molecule has 1 aromatic heterocycles. The third kappa shape index (κ3) is 3.54. The maximum atomic E-state index is 12.7. The van der Waals surface area contributed by atoms with E-state index >= 15 is 0 Å². The van der Waals surface area contributed by atoms with Crippen LogP contribution in [0, 0.1) is 0 Å². The monoisotopic (exact) mass is 412 g/mol.